The number of aliphatic hydroxyl groups is 1. The van der Waals surface area contributed by atoms with Crippen LogP contribution in [-0.2, 0) is 107 Å². The lowest BCUT2D eigenvalue weighted by Crippen LogP contribution is -2.58. The number of carbonyl (C=O) groups excluding carboxylic acids is 17. The molecule has 0 radical (unpaired) electrons. The highest BCUT2D eigenvalue weighted by molar-refractivity contribution is 7.99. The first-order chi connectivity index (χ1) is 65.2. The van der Waals surface area contributed by atoms with Crippen LogP contribution in [0.5, 0.6) is 5.75 Å². The minimum atomic E-state index is -1.49. The number of thioether (sulfide) groups is 2. The highest BCUT2D eigenvalue weighted by Crippen LogP contribution is 2.31. The van der Waals surface area contributed by atoms with E-state index in [1.807, 2.05) is 30.7 Å². The fourth-order valence-electron chi connectivity index (χ4n) is 16.3. The highest BCUT2D eigenvalue weighted by atomic mass is 35.5. The van der Waals surface area contributed by atoms with Gasteiger partial charge in [0.1, 0.15) is 59.6 Å². The molecule has 4 aliphatic rings. The number of phenolic OH excluding ortho intramolecular Hbond substituents is 1. The van der Waals surface area contributed by atoms with Crippen molar-refractivity contribution < 1.29 is 91.7 Å². The van der Waals surface area contributed by atoms with Crippen LogP contribution in [0, 0.1) is 41.4 Å². The Morgan fingerprint density at radius 1 is 0.504 bits per heavy atom. The maximum absolute atomic E-state index is 14.7. The van der Waals surface area contributed by atoms with Crippen molar-refractivity contribution in [1.29, 1.82) is 0 Å². The monoisotopic (exact) mass is 2000 g/mol. The summed E-state index contributed by atoms with van der Waals surface area (Å²) in [5.41, 5.74) is 34.4. The number of carbonyl (C=O) groups is 17. The van der Waals surface area contributed by atoms with Crippen LogP contribution in [0.3, 0.4) is 0 Å². The molecule has 0 bridgehead atoms. The number of hydrogen-bond acceptors (Lipinski definition) is 25. The van der Waals surface area contributed by atoms with Gasteiger partial charge in [0.15, 0.2) is 23.5 Å². The number of ketones is 4. The van der Waals surface area contributed by atoms with Gasteiger partial charge < -0.3 is 102 Å². The molecule has 4 saturated heterocycles. The number of hydrogen-bond donors (Lipinski definition) is 17. The van der Waals surface area contributed by atoms with E-state index in [0.29, 0.717) is 86.5 Å². The van der Waals surface area contributed by atoms with Crippen LogP contribution in [0.15, 0.2) is 93.5 Å². The molecular weight excluding hydrogens is 1860 g/mol. The van der Waals surface area contributed by atoms with Gasteiger partial charge in [-0.25, -0.2) is 0 Å². The summed E-state index contributed by atoms with van der Waals surface area (Å²) >= 11 is 11.5. The van der Waals surface area contributed by atoms with E-state index in [1.54, 1.807) is 82.3 Å². The number of nitrogens with one attached hydrogen (secondary N) is 9. The molecule has 2 aromatic carbocycles. The summed E-state index contributed by atoms with van der Waals surface area (Å²) in [5.74, 6) is -14.1. The van der Waals surface area contributed by atoms with Crippen LogP contribution in [-0.4, -0.2) is 255 Å². The van der Waals surface area contributed by atoms with Gasteiger partial charge in [-0.1, -0.05) is 89.5 Å². The summed E-state index contributed by atoms with van der Waals surface area (Å²) in [6.07, 6.45) is 2.04. The van der Waals surface area contributed by atoms with Gasteiger partial charge in [0, 0.05) is 122 Å². The number of phenols is 1. The van der Waals surface area contributed by atoms with Crippen molar-refractivity contribution in [1.82, 2.24) is 57.7 Å². The van der Waals surface area contributed by atoms with Crippen molar-refractivity contribution in [3.05, 3.63) is 109 Å². The van der Waals surface area contributed by atoms with E-state index in [0.717, 1.165) is 15.3 Å². The molecule has 38 nitrogen and oxygen atoms in total. The third-order valence-corrected chi connectivity index (χ3v) is 28.2. The van der Waals surface area contributed by atoms with Crippen LogP contribution in [0.1, 0.15) is 178 Å². The molecule has 0 spiro atoms. The number of aromatic hydroxyl groups is 1. The smallest absolute Gasteiger partial charge is 0.243 e. The molecule has 4 aromatic rings. The summed E-state index contributed by atoms with van der Waals surface area (Å²) in [7, 11) is 0. The Balaban J connectivity index is 0.000000374. The van der Waals surface area contributed by atoms with E-state index in [4.69, 9.17) is 46.0 Å². The number of thiophene rings is 2. The number of guanidine groups is 2. The maximum atomic E-state index is 14.7. The molecule has 6 heterocycles. The van der Waals surface area contributed by atoms with Gasteiger partial charge in [-0.05, 0) is 165 Å². The number of primary amides is 2. The quantitative estimate of drug-likeness (QED) is 0.0190. The van der Waals surface area contributed by atoms with Gasteiger partial charge in [-0.3, -0.25) is 91.5 Å². The number of nitrogens with zero attached hydrogens (tertiary/aromatic N) is 4. The van der Waals surface area contributed by atoms with Crippen LogP contribution in [0.4, 0.5) is 0 Å². The molecule has 0 saturated carbocycles. The summed E-state index contributed by atoms with van der Waals surface area (Å²) in [5, 5.41) is 49.0. The van der Waals surface area contributed by atoms with Crippen molar-refractivity contribution in [2.45, 2.75) is 243 Å². The average Bonchev–Trinajstić information content (AvgIpc) is 1.71. The van der Waals surface area contributed by atoms with Gasteiger partial charge in [-0.2, -0.15) is 23.5 Å². The predicted molar refractivity (Wildman–Crippen MR) is 526 cm³/mol. The first kappa shape index (κ1) is 113. The molecule has 752 valence electrons. The molecule has 23 N–H and O–H groups in total. The molecule has 13 amide bonds. The van der Waals surface area contributed by atoms with E-state index >= 15 is 0 Å². The number of likely N-dealkylation sites (tertiary alicyclic amines) is 2. The molecule has 8 rings (SSSR count). The summed E-state index contributed by atoms with van der Waals surface area (Å²) in [6, 6.07) is 9.11. The Hall–Kier alpha value is -11.1. The summed E-state index contributed by atoms with van der Waals surface area (Å²) < 4.78 is 0. The van der Waals surface area contributed by atoms with Crippen LogP contribution in [0.2, 0.25) is 5.02 Å². The fraction of sp³-hybridized carbons (Fsp3) is 0.585. The molecule has 2 aromatic heterocycles. The van der Waals surface area contributed by atoms with Crippen molar-refractivity contribution in [2.75, 3.05) is 62.3 Å². The second-order valence-corrected chi connectivity index (χ2v) is 41.0. The molecule has 0 unspecified atom stereocenters. The number of halogens is 1. The number of rotatable bonds is 32. The minimum absolute atomic E-state index is 0.0316. The van der Waals surface area contributed by atoms with Crippen LogP contribution >= 0.6 is 57.8 Å². The highest BCUT2D eigenvalue weighted by Gasteiger charge is 2.44. The zero-order valence-electron chi connectivity index (χ0n) is 78.6. The Morgan fingerprint density at radius 2 is 0.920 bits per heavy atom. The van der Waals surface area contributed by atoms with Crippen molar-refractivity contribution in [2.24, 2.45) is 85.8 Å². The van der Waals surface area contributed by atoms with E-state index < -0.39 is 210 Å². The number of benzene rings is 2. The first-order valence-electron chi connectivity index (χ1n) is 46.6. The number of nitrogens with two attached hydrogens (primary N) is 6. The Morgan fingerprint density at radius 3 is 1.31 bits per heavy atom. The van der Waals surface area contributed by atoms with E-state index in [2.05, 4.69) is 57.8 Å². The lowest BCUT2D eigenvalue weighted by Gasteiger charge is -2.30. The zero-order valence-corrected chi connectivity index (χ0v) is 82.6. The first-order valence-corrected chi connectivity index (χ1v) is 51.0. The topological polar surface area (TPSA) is 626 Å². The molecule has 137 heavy (non-hydrogen) atoms. The number of aliphatic imine (C=N–C) groups is 2. The third-order valence-electron chi connectivity index (χ3n) is 23.7. The van der Waals surface area contributed by atoms with Crippen LogP contribution < -0.4 is 82.3 Å². The van der Waals surface area contributed by atoms with E-state index in [1.165, 1.54) is 68.1 Å². The Kier molecular flexibility index (Phi) is 47.8. The maximum Gasteiger partial charge on any atom is 0.243 e. The third kappa shape index (κ3) is 39.0. The predicted octanol–water partition coefficient (Wildman–Crippen LogP) is 2.58. The summed E-state index contributed by atoms with van der Waals surface area (Å²) in [6.45, 7) is 11.5. The number of aliphatic hydroxyl groups excluding tert-OH is 1. The van der Waals surface area contributed by atoms with Gasteiger partial charge >= 0.3 is 0 Å². The van der Waals surface area contributed by atoms with Gasteiger partial charge in [0.05, 0.1) is 49.4 Å². The largest absolute Gasteiger partial charge is 0.508 e. The van der Waals surface area contributed by atoms with Gasteiger partial charge in [0.2, 0.25) is 76.8 Å². The lowest BCUT2D eigenvalue weighted by molar-refractivity contribution is -0.143. The molecule has 4 aliphatic heterocycles. The summed E-state index contributed by atoms with van der Waals surface area (Å²) in [4.78, 5) is 248. The molecular formula is C94H136ClN19O19S4. The normalized spacial score (nSPS) is 23.1. The Labute approximate surface area is 820 Å². The van der Waals surface area contributed by atoms with Crippen LogP contribution in [0.25, 0.3) is 0 Å². The SMILES string of the molecule is CC(C)CNC(=O)[C@@H](CCCN=C(N)N)NC(=O)[C@@H]1CCCN1C(=O)[C@@H]1CSCCCC(=O)C[C@@H](Cc2ccc(Cl)cc2)C(=O)N[C@@H](Cc2cccs2)C(=O)N[C@@H](C(C)C)C(=O)N[C@@H](CC(N)=O)C(=O)C1.CC(C)[C@@H]1NC(=O)[C@H](Cc2cccs2)NC(=O)[C@H](Cc2ccc(O)cc2)CC(=O)CCCSC[C@@H](C(=O)N2CCC[C@H]2C(=O)N[C@@H](CO)CCCN=C(N)N)CC(=O)[C@H](CC(N)=O)NC1=O. The number of amides is 13. The van der Waals surface area contributed by atoms with Crippen molar-refractivity contribution >= 4 is 170 Å². The second kappa shape index (κ2) is 58.0. The Bertz CT molecular complexity index is 4790. The van der Waals surface area contributed by atoms with Crippen molar-refractivity contribution in [3.8, 4) is 5.75 Å². The standard InChI is InChI=1S/C49H71ClN10O9S2.C45H65N9O10S2/c1-28(2)26-55-44(65)36(11-5-17-54-49(52)53)56-46(67)39-12-6-18-60(39)48(69)32-23-40(62)37(25-41(51)63)57-47(68)42(29(3)4)59-45(66)38(24-35-10-8-20-71-35)58-43(64)31(21-30-13-15-33(50)16-14-30)22-34(61)9-7-19-70-27-32;1-26(2)39-43(63)51-34(23-38(46)59)37(58)21-29(44(64)54-16-4-10-36(54)42(62)50-30(24-55)7-3-15-49-45(47)48)25-65-17-5-8-32(57)20-28(19-27-11-13-31(56)14-12-27)40(60)52-35(41(61)53-39)22-33-9-6-18-66-33/h8,10,13-16,20,28-29,31-32,36-39,42H,5-7,9,11-12,17-19,21-27H2,1-4H3,(H2,51,63)(H,55,65)(H,56,67)(H,57,68)(H,58,64)(H,59,66)(H4,52,53,54);6,9,11-14,18,26,28-30,34-36,39,55-56H,3-5,7-8,10,15-17,19-25H2,1-2H3,(H2,46,59)(H,50,62)(H,51,63)(H,52,60)(H,53,61)(H4,47,48,49)/t31-,32+,36-,37+,38+,39+,42+;28-,29+,30-,34+,35+,36+,39+/m11/s1. The molecule has 43 heteroatoms. The lowest BCUT2D eigenvalue weighted by atomic mass is 9.91. The van der Waals surface area contributed by atoms with Crippen molar-refractivity contribution in [3.63, 3.8) is 0 Å². The average molecular weight is 2000 g/mol. The molecule has 0 aliphatic carbocycles. The fourth-order valence-corrected chi connectivity index (χ4v) is 20.1. The number of Topliss-reactive ketones (excluding diaryl/α,β-unsaturated/α-hetero) is 4. The molecule has 4 fully saturated rings. The molecule has 14 atom stereocenters. The zero-order chi connectivity index (χ0) is 101. The van der Waals surface area contributed by atoms with E-state index in [9.17, 15) is 91.7 Å². The minimum Gasteiger partial charge on any atom is -0.508 e. The second-order valence-electron chi connectivity index (χ2n) is 36.2. The van der Waals surface area contributed by atoms with Gasteiger partial charge in [-0.15, -0.1) is 22.7 Å². The van der Waals surface area contributed by atoms with Gasteiger partial charge in [0.25, 0.3) is 0 Å². The van der Waals surface area contributed by atoms with E-state index in [-0.39, 0.29) is 137 Å².